The number of benzene rings is 1. The number of nitrogens with zero attached hydrogens (tertiary/aromatic N) is 3. The molecule has 1 aromatic carbocycles. The van der Waals surface area contributed by atoms with Crippen molar-refractivity contribution in [3.8, 4) is 11.6 Å². The Morgan fingerprint density at radius 3 is 2.80 bits per heavy atom. The second-order valence-electron chi connectivity index (χ2n) is 3.79. The van der Waals surface area contributed by atoms with Gasteiger partial charge in [-0.15, -0.1) is 0 Å². The third-order valence-corrected chi connectivity index (χ3v) is 2.45. The monoisotopic (exact) mass is 279 g/mol. The zero-order valence-corrected chi connectivity index (χ0v) is 10.3. The lowest BCUT2D eigenvalue weighted by Gasteiger charge is -2.07. The van der Waals surface area contributed by atoms with Crippen LogP contribution in [0, 0.1) is 22.9 Å². The molecule has 8 nitrogen and oxygen atoms in total. The molecule has 9 heteroatoms. The maximum absolute atomic E-state index is 13.1. The summed E-state index contributed by atoms with van der Waals surface area (Å²) in [4.78, 5) is 17.6. The molecule has 3 N–H and O–H groups in total. The Bertz CT molecular complexity index is 665. The number of nitrogens with one attached hydrogen (secondary N) is 1. The number of hydrazine groups is 1. The Kier molecular flexibility index (Phi) is 3.71. The lowest BCUT2D eigenvalue weighted by atomic mass is 10.2. The van der Waals surface area contributed by atoms with Gasteiger partial charge in [-0.3, -0.25) is 10.1 Å². The smallest absolute Gasteiger partial charge is 0.374 e. The van der Waals surface area contributed by atoms with Crippen LogP contribution in [0.15, 0.2) is 24.5 Å². The van der Waals surface area contributed by atoms with Crippen molar-refractivity contribution in [3.63, 3.8) is 0 Å². The number of nitro groups is 1. The molecule has 0 aliphatic heterocycles. The van der Waals surface area contributed by atoms with Gasteiger partial charge < -0.3 is 10.2 Å². The van der Waals surface area contributed by atoms with Crippen molar-refractivity contribution in [1.82, 2.24) is 9.97 Å². The molecule has 1 aromatic heterocycles. The van der Waals surface area contributed by atoms with Gasteiger partial charge in [0, 0.05) is 0 Å². The highest BCUT2D eigenvalue weighted by atomic mass is 19.1. The first-order valence-electron chi connectivity index (χ1n) is 5.43. The lowest BCUT2D eigenvalue weighted by molar-refractivity contribution is -0.385. The first kappa shape index (κ1) is 13.6. The summed E-state index contributed by atoms with van der Waals surface area (Å²) in [5.41, 5.74) is 1.93. The highest BCUT2D eigenvalue weighted by Crippen LogP contribution is 2.33. The van der Waals surface area contributed by atoms with Gasteiger partial charge in [0.15, 0.2) is 0 Å². The molecule has 2 aromatic rings. The number of anilines is 1. The maximum Gasteiger partial charge on any atom is 0.374 e. The molecule has 0 bridgehead atoms. The molecule has 0 aliphatic carbocycles. The average Bonchev–Trinajstić information content (AvgIpc) is 2.42. The number of nitrogens with two attached hydrogens (primary N) is 1. The molecule has 0 spiro atoms. The molecular weight excluding hydrogens is 269 g/mol. The van der Waals surface area contributed by atoms with Gasteiger partial charge in [-0.05, 0) is 30.7 Å². The van der Waals surface area contributed by atoms with Crippen LogP contribution in [0.1, 0.15) is 5.56 Å². The van der Waals surface area contributed by atoms with Crippen molar-refractivity contribution in [2.75, 3.05) is 5.43 Å². The van der Waals surface area contributed by atoms with E-state index in [-0.39, 0.29) is 17.4 Å². The van der Waals surface area contributed by atoms with Gasteiger partial charge in [0.1, 0.15) is 17.9 Å². The molecule has 0 saturated carbocycles. The predicted octanol–water partition coefficient (Wildman–Crippen LogP) is 1.91. The summed E-state index contributed by atoms with van der Waals surface area (Å²) < 4.78 is 18.4. The SMILES string of the molecule is Cc1cc(Oc2ncnc(NN)c2[N+](=O)[O-])ccc1F. The molecule has 0 unspecified atom stereocenters. The van der Waals surface area contributed by atoms with E-state index >= 15 is 0 Å². The summed E-state index contributed by atoms with van der Waals surface area (Å²) in [5, 5.41) is 11.0. The van der Waals surface area contributed by atoms with Gasteiger partial charge in [-0.2, -0.15) is 4.98 Å². The summed E-state index contributed by atoms with van der Waals surface area (Å²) in [5.74, 6) is 4.49. The number of hydrogen-bond donors (Lipinski definition) is 2. The van der Waals surface area contributed by atoms with Crippen LogP contribution < -0.4 is 16.0 Å². The zero-order chi connectivity index (χ0) is 14.7. The van der Waals surface area contributed by atoms with Gasteiger partial charge in [-0.25, -0.2) is 15.2 Å². The van der Waals surface area contributed by atoms with E-state index in [2.05, 4.69) is 15.4 Å². The van der Waals surface area contributed by atoms with Crippen molar-refractivity contribution in [2.24, 2.45) is 5.84 Å². The van der Waals surface area contributed by atoms with Crippen LogP contribution in [-0.4, -0.2) is 14.9 Å². The van der Waals surface area contributed by atoms with Crippen LogP contribution >= 0.6 is 0 Å². The fourth-order valence-corrected chi connectivity index (χ4v) is 1.50. The molecule has 1 heterocycles. The summed E-state index contributed by atoms with van der Waals surface area (Å²) in [7, 11) is 0. The number of ether oxygens (including phenoxy) is 1. The number of nitrogen functional groups attached to an aromatic ring is 1. The quantitative estimate of drug-likeness (QED) is 0.498. The van der Waals surface area contributed by atoms with Crippen molar-refractivity contribution in [3.05, 3.63) is 46.0 Å². The zero-order valence-electron chi connectivity index (χ0n) is 10.3. The minimum atomic E-state index is -0.721. The van der Waals surface area contributed by atoms with E-state index in [1.54, 1.807) is 6.92 Å². The first-order chi connectivity index (χ1) is 9.52. The molecule has 20 heavy (non-hydrogen) atoms. The highest BCUT2D eigenvalue weighted by Gasteiger charge is 2.24. The summed E-state index contributed by atoms with van der Waals surface area (Å²) in [6.45, 7) is 1.55. The van der Waals surface area contributed by atoms with Crippen molar-refractivity contribution in [1.29, 1.82) is 0 Å². The standard InChI is InChI=1S/C11H10FN5O3/c1-6-4-7(2-3-8(6)12)20-11-9(17(18)19)10(16-13)14-5-15-11/h2-5H,13H2,1H3,(H,14,15,16). The van der Waals surface area contributed by atoms with Crippen LogP contribution in [0.4, 0.5) is 15.9 Å². The second kappa shape index (κ2) is 5.45. The summed E-state index contributed by atoms with van der Waals surface area (Å²) in [6.07, 6.45) is 1.06. The van der Waals surface area contributed by atoms with Crippen LogP contribution in [0.2, 0.25) is 0 Å². The molecule has 0 aliphatic rings. The van der Waals surface area contributed by atoms with Gasteiger partial charge >= 0.3 is 11.6 Å². The van der Waals surface area contributed by atoms with E-state index in [4.69, 9.17) is 10.6 Å². The molecular formula is C11H10FN5O3. The Labute approximate surface area is 112 Å². The number of rotatable bonds is 4. The van der Waals surface area contributed by atoms with E-state index in [1.807, 2.05) is 0 Å². The van der Waals surface area contributed by atoms with Crippen molar-refractivity contribution < 1.29 is 14.1 Å². The maximum atomic E-state index is 13.1. The topological polar surface area (TPSA) is 116 Å². The third kappa shape index (κ3) is 2.62. The Hall–Kier alpha value is -2.81. The van der Waals surface area contributed by atoms with E-state index in [0.29, 0.717) is 5.56 Å². The average molecular weight is 279 g/mol. The van der Waals surface area contributed by atoms with Crippen LogP contribution in [0.25, 0.3) is 0 Å². The summed E-state index contributed by atoms with van der Waals surface area (Å²) in [6, 6.07) is 3.93. The third-order valence-electron chi connectivity index (χ3n) is 2.45. The van der Waals surface area contributed by atoms with Gasteiger partial charge in [-0.1, -0.05) is 0 Å². The Morgan fingerprint density at radius 1 is 1.45 bits per heavy atom. The number of aromatic nitrogens is 2. The van der Waals surface area contributed by atoms with E-state index < -0.39 is 16.4 Å². The fraction of sp³-hybridized carbons (Fsp3) is 0.0909. The van der Waals surface area contributed by atoms with Gasteiger partial charge in [0.05, 0.1) is 4.92 Å². The molecule has 104 valence electrons. The Balaban J connectivity index is 2.42. The van der Waals surface area contributed by atoms with Crippen LogP contribution in [-0.2, 0) is 0 Å². The molecule has 0 radical (unpaired) electrons. The lowest BCUT2D eigenvalue weighted by Crippen LogP contribution is -2.12. The van der Waals surface area contributed by atoms with Gasteiger partial charge in [0.25, 0.3) is 0 Å². The minimum Gasteiger partial charge on any atom is -0.434 e. The molecule has 0 saturated heterocycles. The normalized spacial score (nSPS) is 10.2. The van der Waals surface area contributed by atoms with Crippen LogP contribution in [0.3, 0.4) is 0 Å². The Morgan fingerprint density at radius 2 is 2.20 bits per heavy atom. The highest BCUT2D eigenvalue weighted by molar-refractivity contribution is 5.61. The van der Waals surface area contributed by atoms with Gasteiger partial charge in [0.2, 0.25) is 5.82 Å². The predicted molar refractivity (Wildman–Crippen MR) is 67.7 cm³/mol. The minimum absolute atomic E-state index is 0.182. The van der Waals surface area contributed by atoms with E-state index in [0.717, 1.165) is 6.33 Å². The molecule has 0 fully saturated rings. The molecule has 0 atom stereocenters. The van der Waals surface area contributed by atoms with E-state index in [1.165, 1.54) is 18.2 Å². The molecule has 2 rings (SSSR count). The first-order valence-corrected chi connectivity index (χ1v) is 5.43. The fourth-order valence-electron chi connectivity index (χ4n) is 1.50. The number of hydrogen-bond acceptors (Lipinski definition) is 7. The van der Waals surface area contributed by atoms with Crippen molar-refractivity contribution >= 4 is 11.5 Å². The second-order valence-corrected chi connectivity index (χ2v) is 3.79. The number of halogens is 1. The van der Waals surface area contributed by atoms with Crippen molar-refractivity contribution in [2.45, 2.75) is 6.92 Å². The van der Waals surface area contributed by atoms with E-state index in [9.17, 15) is 14.5 Å². The van der Waals surface area contributed by atoms with Crippen LogP contribution in [0.5, 0.6) is 11.6 Å². The molecule has 0 amide bonds. The largest absolute Gasteiger partial charge is 0.434 e. The number of aryl methyl sites for hydroxylation is 1. The summed E-state index contributed by atoms with van der Waals surface area (Å²) >= 11 is 0.